The van der Waals surface area contributed by atoms with E-state index in [2.05, 4.69) is 9.97 Å². The number of rotatable bonds is 6. The van der Waals surface area contributed by atoms with Gasteiger partial charge < -0.3 is 9.47 Å². The summed E-state index contributed by atoms with van der Waals surface area (Å²) in [6.45, 7) is 6.37. The van der Waals surface area contributed by atoms with Crippen molar-refractivity contribution in [3.63, 3.8) is 0 Å². The maximum atomic E-state index is 5.83. The molecule has 2 atom stereocenters. The van der Waals surface area contributed by atoms with Crippen molar-refractivity contribution in [2.45, 2.75) is 39.6 Å². The zero-order valence-corrected chi connectivity index (χ0v) is 13.2. The van der Waals surface area contributed by atoms with Crippen LogP contribution in [0, 0.1) is 6.92 Å². The first-order chi connectivity index (χ1) is 10.1. The van der Waals surface area contributed by atoms with Crippen LogP contribution in [-0.2, 0) is 11.3 Å². The Kier molecular flexibility index (Phi) is 5.53. The molecule has 5 heteroatoms. The van der Waals surface area contributed by atoms with Gasteiger partial charge in [-0.2, -0.15) is 4.98 Å². The normalized spacial score (nSPS) is 13.7. The second-order valence-electron chi connectivity index (χ2n) is 4.95. The maximum Gasteiger partial charge on any atom is 0.225 e. The lowest BCUT2D eigenvalue weighted by Gasteiger charge is -2.22. The van der Waals surface area contributed by atoms with Gasteiger partial charge in [-0.15, -0.1) is 0 Å². The van der Waals surface area contributed by atoms with E-state index in [1.54, 1.807) is 6.20 Å². The average molecular weight is 307 g/mol. The summed E-state index contributed by atoms with van der Waals surface area (Å²) in [5, 5.41) is 0.181. The molecule has 0 radical (unpaired) electrons. The Hall–Kier alpha value is -1.65. The molecule has 112 valence electrons. The van der Waals surface area contributed by atoms with Crippen LogP contribution in [0.25, 0.3) is 0 Å². The molecule has 1 aromatic carbocycles. The molecular formula is C16H19ClN2O2. The molecule has 0 aliphatic carbocycles. The van der Waals surface area contributed by atoms with Crippen LogP contribution < -0.4 is 4.74 Å². The lowest BCUT2D eigenvalue weighted by Crippen LogP contribution is -2.29. The topological polar surface area (TPSA) is 44.2 Å². The molecule has 4 nitrogen and oxygen atoms in total. The Labute approximate surface area is 130 Å². The average Bonchev–Trinajstić information content (AvgIpc) is 2.49. The van der Waals surface area contributed by atoms with Crippen molar-refractivity contribution in [3.8, 4) is 5.88 Å². The van der Waals surface area contributed by atoms with E-state index in [4.69, 9.17) is 21.1 Å². The number of benzene rings is 1. The van der Waals surface area contributed by atoms with Gasteiger partial charge in [0.1, 0.15) is 6.10 Å². The van der Waals surface area contributed by atoms with Gasteiger partial charge in [-0.05, 0) is 37.9 Å². The van der Waals surface area contributed by atoms with Gasteiger partial charge in [0, 0.05) is 11.8 Å². The minimum Gasteiger partial charge on any atom is -0.472 e. The number of hydrogen-bond acceptors (Lipinski definition) is 4. The summed E-state index contributed by atoms with van der Waals surface area (Å²) in [6, 6.07) is 10.0. The second kappa shape index (κ2) is 7.38. The fourth-order valence-electron chi connectivity index (χ4n) is 1.73. The highest BCUT2D eigenvalue weighted by molar-refractivity contribution is 6.28. The van der Waals surface area contributed by atoms with Crippen LogP contribution in [0.4, 0.5) is 0 Å². The molecule has 0 N–H and O–H groups in total. The number of halogens is 1. The van der Waals surface area contributed by atoms with Crippen molar-refractivity contribution in [2.24, 2.45) is 0 Å². The molecule has 1 aromatic heterocycles. The minimum atomic E-state index is -0.140. The molecule has 21 heavy (non-hydrogen) atoms. The van der Waals surface area contributed by atoms with Gasteiger partial charge in [0.15, 0.2) is 0 Å². The summed E-state index contributed by atoms with van der Waals surface area (Å²) in [6.07, 6.45) is 1.43. The third kappa shape index (κ3) is 4.69. The van der Waals surface area contributed by atoms with Crippen LogP contribution in [0.2, 0.25) is 5.28 Å². The largest absolute Gasteiger partial charge is 0.472 e. The standard InChI is InChI=1S/C16H19ClN2O2/c1-11-9-18-16(17)19-15(11)21-13(3)12(2)20-10-14-7-5-4-6-8-14/h4-9,12-13H,10H2,1-3H3/t12-,13-/m1/s1. The molecule has 2 aromatic rings. The minimum absolute atomic E-state index is 0.0710. The van der Waals surface area contributed by atoms with Crippen LogP contribution >= 0.6 is 11.6 Å². The Balaban J connectivity index is 1.90. The molecular weight excluding hydrogens is 288 g/mol. The number of aryl methyl sites for hydroxylation is 1. The lowest BCUT2D eigenvalue weighted by atomic mass is 10.2. The molecule has 1 heterocycles. The zero-order valence-electron chi connectivity index (χ0n) is 12.4. The summed E-state index contributed by atoms with van der Waals surface area (Å²) < 4.78 is 11.6. The highest BCUT2D eigenvalue weighted by atomic mass is 35.5. The van der Waals surface area contributed by atoms with Crippen molar-refractivity contribution < 1.29 is 9.47 Å². The zero-order chi connectivity index (χ0) is 15.2. The number of ether oxygens (including phenoxy) is 2. The van der Waals surface area contributed by atoms with Crippen molar-refractivity contribution in [1.82, 2.24) is 9.97 Å². The van der Waals surface area contributed by atoms with Gasteiger partial charge in [0.25, 0.3) is 0 Å². The summed E-state index contributed by atoms with van der Waals surface area (Å²) in [5.74, 6) is 0.498. The van der Waals surface area contributed by atoms with Crippen molar-refractivity contribution in [1.29, 1.82) is 0 Å². The van der Waals surface area contributed by atoms with Gasteiger partial charge in [0.2, 0.25) is 11.2 Å². The molecule has 0 saturated heterocycles. The van der Waals surface area contributed by atoms with E-state index >= 15 is 0 Å². The third-order valence-corrected chi connectivity index (χ3v) is 3.39. The Morgan fingerprint density at radius 2 is 1.86 bits per heavy atom. The van der Waals surface area contributed by atoms with Gasteiger partial charge in [-0.25, -0.2) is 4.98 Å². The lowest BCUT2D eigenvalue weighted by molar-refractivity contribution is -0.0181. The molecule has 0 unspecified atom stereocenters. The monoisotopic (exact) mass is 306 g/mol. The molecule has 0 spiro atoms. The SMILES string of the molecule is Cc1cnc(Cl)nc1O[C@H](C)[C@@H](C)OCc1ccccc1. The highest BCUT2D eigenvalue weighted by Crippen LogP contribution is 2.18. The summed E-state index contributed by atoms with van der Waals surface area (Å²) >= 11 is 5.79. The van der Waals surface area contributed by atoms with Crippen LogP contribution in [0.1, 0.15) is 25.0 Å². The fraction of sp³-hybridized carbons (Fsp3) is 0.375. The molecule has 0 aliphatic rings. The first kappa shape index (κ1) is 15.7. The quantitative estimate of drug-likeness (QED) is 0.761. The first-order valence-electron chi connectivity index (χ1n) is 6.87. The highest BCUT2D eigenvalue weighted by Gasteiger charge is 2.16. The van der Waals surface area contributed by atoms with Gasteiger partial charge >= 0.3 is 0 Å². The number of aromatic nitrogens is 2. The number of nitrogens with zero attached hydrogens (tertiary/aromatic N) is 2. The van der Waals surface area contributed by atoms with Gasteiger partial charge in [-0.3, -0.25) is 0 Å². The Bertz CT molecular complexity index is 578. The summed E-state index contributed by atoms with van der Waals surface area (Å²) in [5.41, 5.74) is 1.99. The smallest absolute Gasteiger partial charge is 0.225 e. The second-order valence-corrected chi connectivity index (χ2v) is 5.29. The van der Waals surface area contributed by atoms with E-state index in [1.165, 1.54) is 0 Å². The van der Waals surface area contributed by atoms with Crippen molar-refractivity contribution in [3.05, 3.63) is 52.9 Å². The van der Waals surface area contributed by atoms with E-state index in [0.29, 0.717) is 12.5 Å². The van der Waals surface area contributed by atoms with E-state index in [9.17, 15) is 0 Å². The molecule has 0 amide bonds. The van der Waals surface area contributed by atoms with Gasteiger partial charge in [-0.1, -0.05) is 30.3 Å². The van der Waals surface area contributed by atoms with E-state index in [-0.39, 0.29) is 17.5 Å². The predicted octanol–water partition coefficient (Wildman–Crippen LogP) is 3.81. The van der Waals surface area contributed by atoms with Crippen LogP contribution in [0.15, 0.2) is 36.5 Å². The molecule has 0 aliphatic heterocycles. The van der Waals surface area contributed by atoms with Crippen LogP contribution in [0.3, 0.4) is 0 Å². The summed E-state index contributed by atoms with van der Waals surface area (Å²) in [7, 11) is 0. The first-order valence-corrected chi connectivity index (χ1v) is 7.25. The fourth-order valence-corrected chi connectivity index (χ4v) is 1.86. The molecule has 0 fully saturated rings. The van der Waals surface area contributed by atoms with Crippen molar-refractivity contribution in [2.75, 3.05) is 0 Å². The molecule has 0 bridgehead atoms. The van der Waals surface area contributed by atoms with Crippen molar-refractivity contribution >= 4 is 11.6 Å². The predicted molar refractivity (Wildman–Crippen MR) is 82.6 cm³/mol. The Morgan fingerprint density at radius 3 is 2.57 bits per heavy atom. The molecule has 0 saturated carbocycles. The Morgan fingerprint density at radius 1 is 1.14 bits per heavy atom. The maximum absolute atomic E-state index is 5.83. The summed E-state index contributed by atoms with van der Waals surface area (Å²) in [4.78, 5) is 8.00. The molecule has 2 rings (SSSR count). The third-order valence-electron chi connectivity index (χ3n) is 3.21. The van der Waals surface area contributed by atoms with Crippen LogP contribution in [0.5, 0.6) is 5.88 Å². The van der Waals surface area contributed by atoms with E-state index in [0.717, 1.165) is 11.1 Å². The number of hydrogen-bond donors (Lipinski definition) is 0. The van der Waals surface area contributed by atoms with E-state index in [1.807, 2.05) is 51.1 Å². The van der Waals surface area contributed by atoms with Gasteiger partial charge in [0.05, 0.1) is 12.7 Å². The van der Waals surface area contributed by atoms with Crippen LogP contribution in [-0.4, -0.2) is 22.2 Å². The van der Waals surface area contributed by atoms with E-state index < -0.39 is 0 Å².